The second-order valence-electron chi connectivity index (χ2n) is 2.51. The van der Waals surface area contributed by atoms with Crippen LogP contribution in [0.3, 0.4) is 0 Å². The fourth-order valence-corrected chi connectivity index (χ4v) is 0.827. The Kier molecular flexibility index (Phi) is 3.08. The lowest BCUT2D eigenvalue weighted by atomic mass is 10.2. The van der Waals surface area contributed by atoms with Crippen molar-refractivity contribution in [1.82, 2.24) is 5.32 Å². The van der Waals surface area contributed by atoms with Crippen LogP contribution < -0.4 is 5.32 Å². The van der Waals surface area contributed by atoms with E-state index in [4.69, 9.17) is 5.41 Å². The molecule has 0 fully saturated rings. The van der Waals surface area contributed by atoms with Crippen molar-refractivity contribution < 1.29 is 0 Å². The van der Waals surface area contributed by atoms with Crippen molar-refractivity contribution >= 4 is 11.9 Å². The van der Waals surface area contributed by atoms with Gasteiger partial charge in [-0.1, -0.05) is 30.3 Å². The zero-order valence-corrected chi connectivity index (χ0v) is 7.04. The van der Waals surface area contributed by atoms with Crippen molar-refractivity contribution in [3.8, 4) is 0 Å². The predicted octanol–water partition coefficient (Wildman–Crippen LogP) is 2.24. The molecule has 1 rings (SSSR count). The Labute approximate surface area is 72.4 Å². The summed E-state index contributed by atoms with van der Waals surface area (Å²) in [6, 6.07) is 9.97. The van der Waals surface area contributed by atoms with Gasteiger partial charge < -0.3 is 5.32 Å². The maximum Gasteiger partial charge on any atom is 0.0939 e. The molecule has 0 unspecified atom stereocenters. The zero-order chi connectivity index (χ0) is 8.81. The topological polar surface area (TPSA) is 35.9 Å². The molecule has 0 bridgehead atoms. The van der Waals surface area contributed by atoms with Gasteiger partial charge in [0.1, 0.15) is 0 Å². The molecule has 0 atom stereocenters. The van der Waals surface area contributed by atoms with E-state index in [1.807, 2.05) is 36.4 Å². The smallest absolute Gasteiger partial charge is 0.0939 e. The van der Waals surface area contributed by atoms with Crippen LogP contribution in [0, 0.1) is 5.41 Å². The van der Waals surface area contributed by atoms with E-state index in [0.717, 1.165) is 5.56 Å². The summed E-state index contributed by atoms with van der Waals surface area (Å²) in [7, 11) is 0. The van der Waals surface area contributed by atoms with Gasteiger partial charge in [0.05, 0.1) is 5.84 Å². The first kappa shape index (κ1) is 8.53. The van der Waals surface area contributed by atoms with Crippen LogP contribution in [0.2, 0.25) is 0 Å². The number of rotatable bonds is 2. The highest BCUT2D eigenvalue weighted by Crippen LogP contribution is 1.99. The van der Waals surface area contributed by atoms with Crippen LogP contribution in [-0.2, 0) is 0 Å². The molecule has 0 spiro atoms. The summed E-state index contributed by atoms with van der Waals surface area (Å²) < 4.78 is 0. The number of hydrogen-bond acceptors (Lipinski definition) is 1. The maximum absolute atomic E-state index is 7.10. The van der Waals surface area contributed by atoms with Crippen LogP contribution in [0.25, 0.3) is 6.08 Å². The van der Waals surface area contributed by atoms with Gasteiger partial charge in [-0.15, -0.1) is 0 Å². The van der Waals surface area contributed by atoms with Gasteiger partial charge in [-0.3, -0.25) is 5.41 Å². The summed E-state index contributed by atoms with van der Waals surface area (Å²) in [5.41, 5.74) is 1.13. The SMILES string of the molecule is CC(=N)N/C=C/c1ccccc1. The van der Waals surface area contributed by atoms with Crippen molar-refractivity contribution in [2.45, 2.75) is 6.92 Å². The van der Waals surface area contributed by atoms with Gasteiger partial charge in [0.15, 0.2) is 0 Å². The van der Waals surface area contributed by atoms with E-state index in [0.29, 0.717) is 5.84 Å². The van der Waals surface area contributed by atoms with Crippen LogP contribution in [-0.4, -0.2) is 5.84 Å². The standard InChI is InChI=1S/C10H12N2/c1-9(11)12-8-7-10-5-3-2-4-6-10/h2-8H,1H3,(H2,11,12)/b8-7+. The third-order valence-electron chi connectivity index (χ3n) is 1.38. The molecule has 0 saturated carbocycles. The Bertz CT molecular complexity index is 275. The van der Waals surface area contributed by atoms with Crippen LogP contribution in [0.15, 0.2) is 36.5 Å². The number of benzene rings is 1. The molecule has 0 aliphatic carbocycles. The predicted molar refractivity (Wildman–Crippen MR) is 52.0 cm³/mol. The minimum absolute atomic E-state index is 0.446. The maximum atomic E-state index is 7.10. The normalized spacial score (nSPS) is 10.1. The lowest BCUT2D eigenvalue weighted by Gasteiger charge is -1.94. The van der Waals surface area contributed by atoms with Crippen LogP contribution in [0.1, 0.15) is 12.5 Å². The Morgan fingerprint density at radius 1 is 1.33 bits per heavy atom. The molecular weight excluding hydrogens is 148 g/mol. The number of hydrogen-bond donors (Lipinski definition) is 2. The molecule has 62 valence electrons. The minimum atomic E-state index is 0.446. The molecule has 2 N–H and O–H groups in total. The summed E-state index contributed by atoms with van der Waals surface area (Å²) >= 11 is 0. The van der Waals surface area contributed by atoms with E-state index in [2.05, 4.69) is 5.32 Å². The van der Waals surface area contributed by atoms with E-state index >= 15 is 0 Å². The molecule has 1 aromatic carbocycles. The Hall–Kier alpha value is -1.57. The van der Waals surface area contributed by atoms with Gasteiger partial charge in [-0.05, 0) is 18.6 Å². The van der Waals surface area contributed by atoms with Crippen LogP contribution in [0.4, 0.5) is 0 Å². The summed E-state index contributed by atoms with van der Waals surface area (Å²) in [5, 5.41) is 9.89. The molecule has 0 radical (unpaired) electrons. The fourth-order valence-electron chi connectivity index (χ4n) is 0.827. The first-order chi connectivity index (χ1) is 5.79. The largest absolute Gasteiger partial charge is 0.351 e. The van der Waals surface area contributed by atoms with Crippen molar-refractivity contribution in [2.24, 2.45) is 0 Å². The lowest BCUT2D eigenvalue weighted by Crippen LogP contribution is -2.10. The number of nitrogens with one attached hydrogen (secondary N) is 2. The first-order valence-electron chi connectivity index (χ1n) is 3.82. The molecule has 0 heterocycles. The van der Waals surface area contributed by atoms with Crippen molar-refractivity contribution in [3.63, 3.8) is 0 Å². The highest BCUT2D eigenvalue weighted by atomic mass is 14.9. The highest BCUT2D eigenvalue weighted by Gasteiger charge is 1.81. The van der Waals surface area contributed by atoms with E-state index in [1.165, 1.54) is 0 Å². The monoisotopic (exact) mass is 160 g/mol. The first-order valence-corrected chi connectivity index (χ1v) is 3.82. The van der Waals surface area contributed by atoms with Crippen LogP contribution in [0.5, 0.6) is 0 Å². The molecule has 0 saturated heterocycles. The summed E-state index contributed by atoms with van der Waals surface area (Å²) in [6.07, 6.45) is 3.69. The molecule has 1 aromatic rings. The van der Waals surface area contributed by atoms with Crippen molar-refractivity contribution in [3.05, 3.63) is 42.1 Å². The molecule has 2 heteroatoms. The van der Waals surface area contributed by atoms with Crippen LogP contribution >= 0.6 is 0 Å². The zero-order valence-electron chi connectivity index (χ0n) is 7.04. The Morgan fingerprint density at radius 2 is 2.00 bits per heavy atom. The Morgan fingerprint density at radius 3 is 2.58 bits per heavy atom. The summed E-state index contributed by atoms with van der Waals surface area (Å²) in [5.74, 6) is 0.446. The van der Waals surface area contributed by atoms with E-state index < -0.39 is 0 Å². The molecule has 12 heavy (non-hydrogen) atoms. The van der Waals surface area contributed by atoms with E-state index in [1.54, 1.807) is 13.1 Å². The average molecular weight is 160 g/mol. The van der Waals surface area contributed by atoms with Gasteiger partial charge in [-0.2, -0.15) is 0 Å². The van der Waals surface area contributed by atoms with Gasteiger partial charge in [-0.25, -0.2) is 0 Å². The van der Waals surface area contributed by atoms with E-state index in [-0.39, 0.29) is 0 Å². The summed E-state index contributed by atoms with van der Waals surface area (Å²) in [6.45, 7) is 1.70. The number of amidine groups is 1. The lowest BCUT2D eigenvalue weighted by molar-refractivity contribution is 1.22. The molecule has 0 aliphatic rings. The molecule has 2 nitrogen and oxygen atoms in total. The molecule has 0 amide bonds. The minimum Gasteiger partial charge on any atom is -0.351 e. The van der Waals surface area contributed by atoms with Crippen molar-refractivity contribution in [1.29, 1.82) is 5.41 Å². The fraction of sp³-hybridized carbons (Fsp3) is 0.100. The van der Waals surface area contributed by atoms with E-state index in [9.17, 15) is 0 Å². The van der Waals surface area contributed by atoms with Gasteiger partial charge in [0, 0.05) is 6.20 Å². The average Bonchev–Trinajstić information content (AvgIpc) is 2.05. The Balaban J connectivity index is 2.52. The third kappa shape index (κ3) is 3.01. The highest BCUT2D eigenvalue weighted by molar-refractivity contribution is 5.77. The third-order valence-corrected chi connectivity index (χ3v) is 1.38. The second-order valence-corrected chi connectivity index (χ2v) is 2.51. The molecule has 0 aliphatic heterocycles. The quantitative estimate of drug-likeness (QED) is 0.505. The van der Waals surface area contributed by atoms with Gasteiger partial charge >= 0.3 is 0 Å². The summed E-state index contributed by atoms with van der Waals surface area (Å²) in [4.78, 5) is 0. The molecule has 0 aromatic heterocycles. The van der Waals surface area contributed by atoms with Gasteiger partial charge in [0.2, 0.25) is 0 Å². The molecular formula is C10H12N2. The second kappa shape index (κ2) is 4.34. The van der Waals surface area contributed by atoms with Gasteiger partial charge in [0.25, 0.3) is 0 Å². The van der Waals surface area contributed by atoms with Crippen molar-refractivity contribution in [2.75, 3.05) is 0 Å².